The van der Waals surface area contributed by atoms with E-state index in [0.29, 0.717) is 21.3 Å². The zero-order valence-electron chi connectivity index (χ0n) is 22.1. The van der Waals surface area contributed by atoms with Gasteiger partial charge in [0.15, 0.2) is 5.78 Å². The van der Waals surface area contributed by atoms with Crippen molar-refractivity contribution in [2.75, 3.05) is 11.9 Å². The Morgan fingerprint density at radius 1 is 1.12 bits per heavy atom. The molecule has 10 nitrogen and oxygen atoms in total. The van der Waals surface area contributed by atoms with Crippen LogP contribution in [0.15, 0.2) is 53.4 Å². The van der Waals surface area contributed by atoms with Crippen molar-refractivity contribution in [2.45, 2.75) is 51.9 Å². The summed E-state index contributed by atoms with van der Waals surface area (Å²) in [7, 11) is 0. The van der Waals surface area contributed by atoms with Crippen LogP contribution in [-0.4, -0.2) is 66.0 Å². The van der Waals surface area contributed by atoms with Crippen LogP contribution in [0.2, 0.25) is 0 Å². The number of amides is 2. The predicted molar refractivity (Wildman–Crippen MR) is 150 cm³/mol. The summed E-state index contributed by atoms with van der Waals surface area (Å²) >= 11 is 3.25. The molecule has 2 amide bonds. The van der Waals surface area contributed by atoms with Crippen molar-refractivity contribution < 1.29 is 18.8 Å². The number of hydrogen-bond acceptors (Lipinski definition) is 7. The fourth-order valence-electron chi connectivity index (χ4n) is 4.74. The number of nitrogens with zero attached hydrogens (tertiary/aromatic N) is 6. The zero-order valence-corrected chi connectivity index (χ0v) is 23.7. The van der Waals surface area contributed by atoms with E-state index < -0.39 is 24.0 Å². The summed E-state index contributed by atoms with van der Waals surface area (Å²) in [6.07, 6.45) is 2.01. The summed E-state index contributed by atoms with van der Waals surface area (Å²) in [4.78, 5) is 53.0. The van der Waals surface area contributed by atoms with E-state index in [1.165, 1.54) is 16.5 Å². The van der Waals surface area contributed by atoms with Gasteiger partial charge in [0.2, 0.25) is 11.8 Å². The minimum atomic E-state index is -1.34. The van der Waals surface area contributed by atoms with Crippen molar-refractivity contribution in [3.63, 3.8) is 0 Å². The maximum Gasteiger partial charge on any atom is 0.248 e. The topological polar surface area (TPSA) is 123 Å². The number of hydrogen-bond donors (Lipinski definition) is 1. The first-order chi connectivity index (χ1) is 19.1. The number of carbonyl (C=O) groups is 3. The second kappa shape index (κ2) is 11.2. The van der Waals surface area contributed by atoms with Crippen molar-refractivity contribution in [1.82, 2.24) is 29.6 Å². The Morgan fingerprint density at radius 2 is 1.88 bits per heavy atom. The van der Waals surface area contributed by atoms with Gasteiger partial charge >= 0.3 is 0 Å². The molecule has 0 spiro atoms. The molecule has 40 heavy (non-hydrogen) atoms. The number of halogens is 2. The summed E-state index contributed by atoms with van der Waals surface area (Å²) in [5.74, 6) is -0.0459. The number of anilines is 1. The largest absolute Gasteiger partial charge is 0.326 e. The molecule has 1 fully saturated rings. The SMILES string of the molecule is CC(=O)c1nn(CC(=O)N2C[C@H](F)C[C@H]2C(=O)Nc2cccc(Br)n2)c2ccc(-c3cnc(C(C)C)nc3)cc12. The Bertz CT molecular complexity index is 1610. The first-order valence-electron chi connectivity index (χ1n) is 12.8. The highest BCUT2D eigenvalue weighted by atomic mass is 79.9. The third-order valence-electron chi connectivity index (χ3n) is 6.73. The highest BCUT2D eigenvalue weighted by molar-refractivity contribution is 9.10. The fourth-order valence-corrected chi connectivity index (χ4v) is 5.08. The van der Waals surface area contributed by atoms with Crippen LogP contribution in [0, 0.1) is 0 Å². The predicted octanol–water partition coefficient (Wildman–Crippen LogP) is 4.55. The van der Waals surface area contributed by atoms with E-state index in [1.807, 2.05) is 26.0 Å². The number of likely N-dealkylation sites (tertiary alicyclic amines) is 1. The van der Waals surface area contributed by atoms with E-state index in [2.05, 4.69) is 41.3 Å². The van der Waals surface area contributed by atoms with E-state index in [9.17, 15) is 18.8 Å². The lowest BCUT2D eigenvalue weighted by atomic mass is 10.0. The van der Waals surface area contributed by atoms with Gasteiger partial charge in [0, 0.05) is 42.6 Å². The molecule has 1 saturated heterocycles. The zero-order chi connectivity index (χ0) is 28.6. The molecule has 1 aromatic carbocycles. The van der Waals surface area contributed by atoms with Gasteiger partial charge in [-0.25, -0.2) is 19.3 Å². The van der Waals surface area contributed by atoms with Gasteiger partial charge in [0.25, 0.3) is 0 Å². The van der Waals surface area contributed by atoms with Crippen LogP contribution in [-0.2, 0) is 16.1 Å². The molecular weight excluding hydrogens is 581 g/mol. The second-order valence-corrected chi connectivity index (χ2v) is 10.8. The highest BCUT2D eigenvalue weighted by Crippen LogP contribution is 2.28. The molecule has 5 rings (SSSR count). The molecule has 206 valence electrons. The number of nitrogens with one attached hydrogen (secondary N) is 1. The van der Waals surface area contributed by atoms with Crippen LogP contribution in [0.4, 0.5) is 10.2 Å². The lowest BCUT2D eigenvalue weighted by Gasteiger charge is -2.23. The maximum absolute atomic E-state index is 14.4. The van der Waals surface area contributed by atoms with Crippen LogP contribution >= 0.6 is 15.9 Å². The Balaban J connectivity index is 1.40. The smallest absolute Gasteiger partial charge is 0.248 e. The molecule has 0 unspecified atom stereocenters. The number of fused-ring (bicyclic) bond motifs is 1. The van der Waals surface area contributed by atoms with Crippen molar-refractivity contribution in [3.8, 4) is 11.1 Å². The molecule has 3 aromatic heterocycles. The van der Waals surface area contributed by atoms with E-state index in [1.54, 1.807) is 36.7 Å². The van der Waals surface area contributed by atoms with Gasteiger partial charge in [0.05, 0.1) is 12.1 Å². The van der Waals surface area contributed by atoms with Crippen molar-refractivity contribution in [1.29, 1.82) is 0 Å². The molecule has 0 saturated carbocycles. The third-order valence-corrected chi connectivity index (χ3v) is 7.17. The average molecular weight is 608 g/mol. The van der Waals surface area contributed by atoms with Gasteiger partial charge in [0.1, 0.15) is 40.7 Å². The molecule has 1 aliphatic rings. The van der Waals surface area contributed by atoms with Gasteiger partial charge in [-0.3, -0.25) is 19.1 Å². The molecular formula is C28H27BrFN7O3. The first-order valence-corrected chi connectivity index (χ1v) is 13.6. The summed E-state index contributed by atoms with van der Waals surface area (Å²) < 4.78 is 16.4. The Hall–Kier alpha value is -4.06. The van der Waals surface area contributed by atoms with Gasteiger partial charge in [-0.2, -0.15) is 5.10 Å². The summed E-state index contributed by atoms with van der Waals surface area (Å²) in [6.45, 7) is 4.96. The van der Waals surface area contributed by atoms with Crippen molar-refractivity contribution in [3.05, 3.63) is 64.9 Å². The second-order valence-electron chi connectivity index (χ2n) is 10.0. The van der Waals surface area contributed by atoms with Gasteiger partial charge in [-0.05, 0) is 45.8 Å². The standard InChI is InChI=1S/C28H27BrFN7O3/c1-15(2)27-31-11-18(12-32-27)17-7-8-21-20(9-17)26(16(3)38)35-37(21)14-25(39)36-13-19(30)10-22(36)28(40)34-24-6-4-5-23(29)33-24/h4-9,11-12,15,19,22H,10,13-14H2,1-3H3,(H,33,34,40)/t19-,22+/m1/s1. The minimum absolute atomic E-state index is 0.120. The van der Waals surface area contributed by atoms with E-state index >= 15 is 0 Å². The normalized spacial score (nSPS) is 17.0. The lowest BCUT2D eigenvalue weighted by Crippen LogP contribution is -2.44. The van der Waals surface area contributed by atoms with Crippen LogP contribution in [0.5, 0.6) is 0 Å². The molecule has 4 heterocycles. The summed E-state index contributed by atoms with van der Waals surface area (Å²) in [5.41, 5.74) is 2.36. The first kappa shape index (κ1) is 27.5. The van der Waals surface area contributed by atoms with E-state index in [0.717, 1.165) is 17.0 Å². The third kappa shape index (κ3) is 5.62. The number of rotatable bonds is 7. The number of carbonyl (C=O) groups excluding carboxylic acids is 3. The van der Waals surface area contributed by atoms with Crippen LogP contribution in [0.3, 0.4) is 0 Å². The molecule has 0 bridgehead atoms. The van der Waals surface area contributed by atoms with E-state index in [-0.39, 0.29) is 36.9 Å². The van der Waals surface area contributed by atoms with Crippen LogP contribution in [0.1, 0.15) is 49.4 Å². The van der Waals surface area contributed by atoms with Crippen LogP contribution < -0.4 is 5.32 Å². The summed E-state index contributed by atoms with van der Waals surface area (Å²) in [6, 6.07) is 9.46. The molecule has 0 aliphatic carbocycles. The maximum atomic E-state index is 14.4. The fraction of sp³-hybridized carbons (Fsp3) is 0.321. The Morgan fingerprint density at radius 3 is 2.55 bits per heavy atom. The number of benzene rings is 1. The minimum Gasteiger partial charge on any atom is -0.326 e. The van der Waals surface area contributed by atoms with Crippen molar-refractivity contribution >= 4 is 50.2 Å². The number of pyridine rings is 1. The quantitative estimate of drug-likeness (QED) is 0.241. The molecule has 2 atom stereocenters. The number of aromatic nitrogens is 5. The molecule has 4 aromatic rings. The monoisotopic (exact) mass is 607 g/mol. The molecule has 12 heteroatoms. The molecule has 1 N–H and O–H groups in total. The van der Waals surface area contributed by atoms with Crippen molar-refractivity contribution in [2.24, 2.45) is 0 Å². The molecule has 1 aliphatic heterocycles. The number of alkyl halides is 1. The lowest BCUT2D eigenvalue weighted by molar-refractivity contribution is -0.137. The molecule has 0 radical (unpaired) electrons. The van der Waals surface area contributed by atoms with Gasteiger partial charge in [-0.15, -0.1) is 0 Å². The number of Topliss-reactive ketones (excluding diaryl/α,β-unsaturated/α-hetero) is 1. The highest BCUT2D eigenvalue weighted by Gasteiger charge is 2.40. The Labute approximate surface area is 238 Å². The number of ketones is 1. The van der Waals surface area contributed by atoms with Crippen LogP contribution in [0.25, 0.3) is 22.0 Å². The van der Waals surface area contributed by atoms with Gasteiger partial charge in [-0.1, -0.05) is 26.0 Å². The van der Waals surface area contributed by atoms with Gasteiger partial charge < -0.3 is 10.2 Å². The Kier molecular flexibility index (Phi) is 7.70. The van der Waals surface area contributed by atoms with E-state index in [4.69, 9.17) is 0 Å². The average Bonchev–Trinajstić information content (AvgIpc) is 3.49. The summed E-state index contributed by atoms with van der Waals surface area (Å²) in [5, 5.41) is 7.65.